The number of hydrogen-bond donors (Lipinski definition) is 0. The summed E-state index contributed by atoms with van der Waals surface area (Å²) in [6, 6.07) is 9.88. The van der Waals surface area contributed by atoms with Gasteiger partial charge in [0.2, 0.25) is 0 Å². The lowest BCUT2D eigenvalue weighted by Gasteiger charge is -2.25. The van der Waals surface area contributed by atoms with Gasteiger partial charge in [-0.05, 0) is 49.8 Å². The molecule has 194 valence electrons. The third kappa shape index (κ3) is 4.84. The summed E-state index contributed by atoms with van der Waals surface area (Å²) in [6.45, 7) is 3.66. The Morgan fingerprint density at radius 3 is 2.38 bits per heavy atom. The van der Waals surface area contributed by atoms with Crippen LogP contribution in [0.1, 0.15) is 31.0 Å². The summed E-state index contributed by atoms with van der Waals surface area (Å²) in [7, 11) is 6.20. The van der Waals surface area contributed by atoms with Gasteiger partial charge in [-0.15, -0.1) is 0 Å². The van der Waals surface area contributed by atoms with Crippen LogP contribution in [-0.4, -0.2) is 45.6 Å². The molecule has 1 aliphatic rings. The summed E-state index contributed by atoms with van der Waals surface area (Å²) < 4.78 is 28.9. The van der Waals surface area contributed by atoms with Crippen molar-refractivity contribution in [3.63, 3.8) is 0 Å². The van der Waals surface area contributed by atoms with Crippen LogP contribution in [0.5, 0.6) is 23.0 Å². The first-order valence-corrected chi connectivity index (χ1v) is 12.3. The molecule has 0 fully saturated rings. The minimum atomic E-state index is -0.769. The maximum absolute atomic E-state index is 13.8. The highest BCUT2D eigenvalue weighted by atomic mass is 32.1. The second-order valence-corrected chi connectivity index (χ2v) is 9.03. The van der Waals surface area contributed by atoms with E-state index in [0.29, 0.717) is 49.2 Å². The van der Waals surface area contributed by atoms with Gasteiger partial charge in [0.1, 0.15) is 11.5 Å². The molecule has 0 radical (unpaired) electrons. The molecule has 4 rings (SSSR count). The third-order valence-corrected chi connectivity index (χ3v) is 6.95. The minimum Gasteiger partial charge on any atom is -0.497 e. The van der Waals surface area contributed by atoms with Gasteiger partial charge in [-0.2, -0.15) is 0 Å². The van der Waals surface area contributed by atoms with Crippen molar-refractivity contribution in [2.24, 2.45) is 4.99 Å². The molecule has 9 nitrogen and oxygen atoms in total. The molecule has 1 atom stereocenters. The number of benzene rings is 2. The van der Waals surface area contributed by atoms with Gasteiger partial charge in [-0.1, -0.05) is 17.4 Å². The number of esters is 1. The number of allylic oxidation sites excluding steroid dienone is 1. The Morgan fingerprint density at radius 1 is 1.00 bits per heavy atom. The van der Waals surface area contributed by atoms with Crippen LogP contribution in [0.2, 0.25) is 0 Å². The SMILES string of the molecule is CCOC(=O)C1=C(C)N=c2s/c(=C\c3ccc(OC)cc3OC)c(=O)n2[C@H]1c1ccc(OC)c(OC)c1. The lowest BCUT2D eigenvalue weighted by Crippen LogP contribution is -2.40. The Labute approximate surface area is 217 Å². The monoisotopic (exact) mass is 524 g/mol. The molecule has 1 aliphatic heterocycles. The van der Waals surface area contributed by atoms with Gasteiger partial charge in [0.05, 0.1) is 56.9 Å². The Morgan fingerprint density at radius 2 is 1.73 bits per heavy atom. The number of hydrogen-bond acceptors (Lipinski definition) is 9. The predicted octanol–water partition coefficient (Wildman–Crippen LogP) is 2.83. The number of ether oxygens (including phenoxy) is 5. The standard InChI is InChI=1S/C27H28N2O7S/c1-7-36-26(31)23-15(2)28-27-29(24(23)17-9-11-19(33-4)21(12-17)35-6)25(30)22(37-27)13-16-8-10-18(32-3)14-20(16)34-5/h8-14,24H,7H2,1-6H3/b22-13-/t24-/m0/s1. The molecule has 3 aromatic rings. The Bertz CT molecular complexity index is 1550. The largest absolute Gasteiger partial charge is 0.497 e. The number of aromatic nitrogens is 1. The number of carbonyl (C=O) groups excluding carboxylic acids is 1. The quantitative estimate of drug-likeness (QED) is 0.418. The van der Waals surface area contributed by atoms with Gasteiger partial charge >= 0.3 is 5.97 Å². The molecular weight excluding hydrogens is 496 g/mol. The van der Waals surface area contributed by atoms with Crippen LogP contribution in [0, 0.1) is 0 Å². The van der Waals surface area contributed by atoms with E-state index in [1.165, 1.54) is 23.0 Å². The average molecular weight is 525 g/mol. The Balaban J connectivity index is 1.97. The van der Waals surface area contributed by atoms with Crippen molar-refractivity contribution in [3.05, 3.63) is 78.5 Å². The van der Waals surface area contributed by atoms with Gasteiger partial charge in [0, 0.05) is 11.6 Å². The molecule has 37 heavy (non-hydrogen) atoms. The third-order valence-electron chi connectivity index (χ3n) is 5.97. The molecule has 0 aliphatic carbocycles. The van der Waals surface area contributed by atoms with Crippen LogP contribution in [0.3, 0.4) is 0 Å². The number of carbonyl (C=O) groups is 1. The fraction of sp³-hybridized carbons (Fsp3) is 0.296. The molecule has 0 unspecified atom stereocenters. The van der Waals surface area contributed by atoms with Crippen molar-refractivity contribution >= 4 is 23.4 Å². The van der Waals surface area contributed by atoms with E-state index >= 15 is 0 Å². The molecule has 0 saturated carbocycles. The topological polar surface area (TPSA) is 97.6 Å². The lowest BCUT2D eigenvalue weighted by atomic mass is 9.95. The second kappa shape index (κ2) is 10.9. The molecule has 0 spiro atoms. The van der Waals surface area contributed by atoms with Gasteiger partial charge in [-0.25, -0.2) is 9.79 Å². The van der Waals surface area contributed by atoms with Crippen molar-refractivity contribution in [1.82, 2.24) is 4.57 Å². The molecule has 10 heteroatoms. The van der Waals surface area contributed by atoms with Gasteiger partial charge in [0.25, 0.3) is 5.56 Å². The molecular formula is C27H28N2O7S. The van der Waals surface area contributed by atoms with E-state index in [1.54, 1.807) is 71.6 Å². The zero-order valence-electron chi connectivity index (χ0n) is 21.5. The van der Waals surface area contributed by atoms with Crippen LogP contribution in [0.4, 0.5) is 0 Å². The maximum Gasteiger partial charge on any atom is 0.338 e. The van der Waals surface area contributed by atoms with Crippen molar-refractivity contribution in [2.45, 2.75) is 19.9 Å². The van der Waals surface area contributed by atoms with Crippen LogP contribution in [-0.2, 0) is 9.53 Å². The van der Waals surface area contributed by atoms with E-state index in [0.717, 1.165) is 0 Å². The van der Waals surface area contributed by atoms with E-state index in [2.05, 4.69) is 4.99 Å². The minimum absolute atomic E-state index is 0.190. The molecule has 0 N–H and O–H groups in total. The van der Waals surface area contributed by atoms with E-state index in [1.807, 2.05) is 6.07 Å². The summed E-state index contributed by atoms with van der Waals surface area (Å²) in [4.78, 5) is 32.0. The molecule has 2 aromatic carbocycles. The molecule has 2 heterocycles. The smallest absolute Gasteiger partial charge is 0.338 e. The number of methoxy groups -OCH3 is 4. The fourth-order valence-electron chi connectivity index (χ4n) is 4.21. The van der Waals surface area contributed by atoms with Crippen molar-refractivity contribution in [3.8, 4) is 23.0 Å². The first kappa shape index (κ1) is 26.0. The fourth-order valence-corrected chi connectivity index (χ4v) is 5.25. The number of rotatable bonds is 8. The van der Waals surface area contributed by atoms with Gasteiger partial charge < -0.3 is 23.7 Å². The summed E-state index contributed by atoms with van der Waals surface area (Å²) in [5.41, 5.74) is 1.83. The normalized spacial score (nSPS) is 15.1. The van der Waals surface area contributed by atoms with Crippen molar-refractivity contribution in [2.75, 3.05) is 35.0 Å². The predicted molar refractivity (Wildman–Crippen MR) is 139 cm³/mol. The maximum atomic E-state index is 13.8. The van der Waals surface area contributed by atoms with Crippen LogP contribution >= 0.6 is 11.3 Å². The molecule has 0 bridgehead atoms. The van der Waals surface area contributed by atoms with Crippen molar-refractivity contribution in [1.29, 1.82) is 0 Å². The van der Waals surface area contributed by atoms with E-state index in [9.17, 15) is 9.59 Å². The second-order valence-electron chi connectivity index (χ2n) is 8.02. The Kier molecular flexibility index (Phi) is 7.68. The van der Waals surface area contributed by atoms with Crippen LogP contribution in [0.15, 0.2) is 57.5 Å². The molecule has 0 saturated heterocycles. The highest BCUT2D eigenvalue weighted by Crippen LogP contribution is 2.36. The molecule has 1 aromatic heterocycles. The first-order valence-electron chi connectivity index (χ1n) is 11.5. The highest BCUT2D eigenvalue weighted by Gasteiger charge is 2.34. The summed E-state index contributed by atoms with van der Waals surface area (Å²) in [5.74, 6) is 1.67. The summed E-state index contributed by atoms with van der Waals surface area (Å²) in [6.07, 6.45) is 1.75. The van der Waals surface area contributed by atoms with Crippen LogP contribution in [0.25, 0.3) is 6.08 Å². The van der Waals surface area contributed by atoms with E-state index in [4.69, 9.17) is 23.7 Å². The molecule has 0 amide bonds. The Hall–Kier alpha value is -4.05. The number of thiazole rings is 1. The zero-order valence-corrected chi connectivity index (χ0v) is 22.3. The lowest BCUT2D eigenvalue weighted by molar-refractivity contribution is -0.139. The first-order chi connectivity index (χ1) is 17.9. The highest BCUT2D eigenvalue weighted by molar-refractivity contribution is 7.07. The summed E-state index contributed by atoms with van der Waals surface area (Å²) in [5, 5.41) is 0. The average Bonchev–Trinajstić information content (AvgIpc) is 3.21. The number of nitrogens with zero attached hydrogens (tertiary/aromatic N) is 2. The number of fused-ring (bicyclic) bond motifs is 1. The van der Waals surface area contributed by atoms with Gasteiger partial charge in [0.15, 0.2) is 16.3 Å². The van der Waals surface area contributed by atoms with Crippen LogP contribution < -0.4 is 33.8 Å². The summed E-state index contributed by atoms with van der Waals surface area (Å²) >= 11 is 1.23. The van der Waals surface area contributed by atoms with Crippen molar-refractivity contribution < 1.29 is 28.5 Å². The van der Waals surface area contributed by atoms with E-state index in [-0.39, 0.29) is 17.7 Å². The van der Waals surface area contributed by atoms with E-state index < -0.39 is 12.0 Å². The van der Waals surface area contributed by atoms with Gasteiger partial charge in [-0.3, -0.25) is 9.36 Å². The zero-order chi connectivity index (χ0) is 26.7.